The van der Waals surface area contributed by atoms with Crippen LogP contribution in [0.15, 0.2) is 0 Å². The van der Waals surface area contributed by atoms with Crippen molar-refractivity contribution in [2.75, 3.05) is 6.61 Å². The number of hydrogen-bond acceptors (Lipinski definition) is 4. The summed E-state index contributed by atoms with van der Waals surface area (Å²) in [5, 5.41) is 8.48. The fourth-order valence-electron chi connectivity index (χ4n) is 2.58. The molecular formula is C18H32O5. The minimum absolute atomic E-state index is 0.322. The smallest absolute Gasteiger partial charge is 0.313 e. The number of carboxylic acids is 1. The lowest BCUT2D eigenvalue weighted by molar-refractivity contribution is -0.147. The van der Waals surface area contributed by atoms with E-state index in [1.807, 2.05) is 0 Å². The van der Waals surface area contributed by atoms with Gasteiger partial charge in [0.1, 0.15) is 12.8 Å². The number of rotatable bonds is 15. The molecule has 0 rings (SSSR count). The number of Topliss-reactive ketones (excluding diaryl/α,β-unsaturated/α-hetero) is 1. The fraction of sp³-hybridized carbons (Fsp3) is 0.833. The number of hydrogen-bond donors (Lipinski definition) is 1. The Morgan fingerprint density at radius 2 is 1.43 bits per heavy atom. The van der Waals surface area contributed by atoms with Gasteiger partial charge in [0.05, 0.1) is 6.61 Å². The van der Waals surface area contributed by atoms with E-state index in [-0.39, 0.29) is 0 Å². The Labute approximate surface area is 139 Å². The summed E-state index contributed by atoms with van der Waals surface area (Å²) in [5.74, 6) is -1.87. The summed E-state index contributed by atoms with van der Waals surface area (Å²) < 4.78 is 5.08. The van der Waals surface area contributed by atoms with Gasteiger partial charge in [-0.05, 0) is 12.3 Å². The molecule has 0 bridgehead atoms. The van der Waals surface area contributed by atoms with Gasteiger partial charge in [-0.2, -0.15) is 0 Å². The van der Waals surface area contributed by atoms with E-state index in [4.69, 9.17) is 9.84 Å². The van der Waals surface area contributed by atoms with Crippen molar-refractivity contribution < 1.29 is 24.2 Å². The third-order valence-electron chi connectivity index (χ3n) is 3.91. The topological polar surface area (TPSA) is 80.7 Å². The van der Waals surface area contributed by atoms with Crippen molar-refractivity contribution in [2.45, 2.75) is 84.5 Å². The van der Waals surface area contributed by atoms with Crippen LogP contribution in [0.3, 0.4) is 0 Å². The number of aliphatic carboxylic acids is 1. The summed E-state index contributed by atoms with van der Waals surface area (Å²) in [4.78, 5) is 33.1. The minimum Gasteiger partial charge on any atom is -0.481 e. The quantitative estimate of drug-likeness (QED) is 0.278. The average Bonchev–Trinajstić information content (AvgIpc) is 2.46. The molecule has 0 unspecified atom stereocenters. The van der Waals surface area contributed by atoms with Gasteiger partial charge in [-0.15, -0.1) is 0 Å². The molecule has 0 saturated carbocycles. The third-order valence-corrected chi connectivity index (χ3v) is 3.91. The van der Waals surface area contributed by atoms with Gasteiger partial charge in [0.15, 0.2) is 5.78 Å². The lowest BCUT2D eigenvalue weighted by Crippen LogP contribution is -2.16. The Balaban J connectivity index is 3.99. The lowest BCUT2D eigenvalue weighted by Gasteiger charge is -2.16. The lowest BCUT2D eigenvalue weighted by atomic mass is 9.92. The maximum atomic E-state index is 11.5. The van der Waals surface area contributed by atoms with Crippen LogP contribution in [0, 0.1) is 5.92 Å². The predicted molar refractivity (Wildman–Crippen MR) is 89.2 cm³/mol. The SMILES string of the molecule is CCCCCC(CCCCC)CCOC(=O)CC(=O)CC(=O)O. The molecule has 0 aromatic heterocycles. The zero-order valence-corrected chi connectivity index (χ0v) is 14.6. The van der Waals surface area contributed by atoms with Crippen molar-refractivity contribution in [3.05, 3.63) is 0 Å². The van der Waals surface area contributed by atoms with Crippen LogP contribution in [0.1, 0.15) is 84.5 Å². The largest absolute Gasteiger partial charge is 0.481 e. The molecule has 0 amide bonds. The molecule has 134 valence electrons. The van der Waals surface area contributed by atoms with Gasteiger partial charge in [-0.3, -0.25) is 14.4 Å². The summed E-state index contributed by atoms with van der Waals surface area (Å²) in [6.45, 7) is 4.69. The summed E-state index contributed by atoms with van der Waals surface area (Å²) in [6.07, 6.45) is 9.35. The van der Waals surface area contributed by atoms with Crippen LogP contribution in [0.5, 0.6) is 0 Å². The van der Waals surface area contributed by atoms with Crippen LogP contribution in [-0.2, 0) is 19.1 Å². The first-order chi connectivity index (χ1) is 11.0. The van der Waals surface area contributed by atoms with E-state index in [1.165, 1.54) is 38.5 Å². The van der Waals surface area contributed by atoms with E-state index in [0.717, 1.165) is 19.3 Å². The van der Waals surface area contributed by atoms with Crippen LogP contribution >= 0.6 is 0 Å². The van der Waals surface area contributed by atoms with Crippen LogP contribution < -0.4 is 0 Å². The number of esters is 1. The molecule has 0 spiro atoms. The zero-order valence-electron chi connectivity index (χ0n) is 14.6. The number of carbonyl (C=O) groups is 3. The third kappa shape index (κ3) is 14.0. The molecule has 0 aliphatic rings. The molecule has 5 nitrogen and oxygen atoms in total. The minimum atomic E-state index is -1.21. The Morgan fingerprint density at radius 3 is 1.91 bits per heavy atom. The van der Waals surface area contributed by atoms with Gasteiger partial charge in [0, 0.05) is 0 Å². The molecule has 1 N–H and O–H groups in total. The summed E-state index contributed by atoms with van der Waals surface area (Å²) >= 11 is 0. The van der Waals surface area contributed by atoms with E-state index in [9.17, 15) is 14.4 Å². The van der Waals surface area contributed by atoms with E-state index < -0.39 is 30.6 Å². The highest BCUT2D eigenvalue weighted by Gasteiger charge is 2.15. The molecule has 0 aromatic carbocycles. The summed E-state index contributed by atoms with van der Waals surface area (Å²) in [6, 6.07) is 0. The highest BCUT2D eigenvalue weighted by Crippen LogP contribution is 2.21. The van der Waals surface area contributed by atoms with E-state index >= 15 is 0 Å². The van der Waals surface area contributed by atoms with Crippen LogP contribution in [0.25, 0.3) is 0 Å². The van der Waals surface area contributed by atoms with Crippen LogP contribution in [-0.4, -0.2) is 29.4 Å². The summed E-state index contributed by atoms with van der Waals surface area (Å²) in [5.41, 5.74) is 0. The average molecular weight is 328 g/mol. The molecule has 0 aliphatic heterocycles. The fourth-order valence-corrected chi connectivity index (χ4v) is 2.58. The van der Waals surface area contributed by atoms with E-state index in [2.05, 4.69) is 13.8 Å². The van der Waals surface area contributed by atoms with Crippen LogP contribution in [0.2, 0.25) is 0 Å². The second-order valence-corrected chi connectivity index (χ2v) is 6.15. The monoisotopic (exact) mass is 328 g/mol. The Morgan fingerprint density at radius 1 is 0.870 bits per heavy atom. The number of ketones is 1. The first-order valence-corrected chi connectivity index (χ1v) is 8.88. The normalized spacial score (nSPS) is 10.7. The molecule has 0 atom stereocenters. The van der Waals surface area contributed by atoms with Crippen molar-refractivity contribution in [3.63, 3.8) is 0 Å². The van der Waals surface area contributed by atoms with Crippen molar-refractivity contribution in [3.8, 4) is 0 Å². The second kappa shape index (κ2) is 14.2. The Hall–Kier alpha value is -1.39. The predicted octanol–water partition coefficient (Wildman–Crippen LogP) is 4.13. The van der Waals surface area contributed by atoms with Gasteiger partial charge in [0.25, 0.3) is 0 Å². The standard InChI is InChI=1S/C18H32O5/c1-3-5-7-9-15(10-8-6-4-2)11-12-23-18(22)14-16(19)13-17(20)21/h15H,3-14H2,1-2H3,(H,20,21). The molecule has 23 heavy (non-hydrogen) atoms. The maximum absolute atomic E-state index is 11.5. The zero-order chi connectivity index (χ0) is 17.5. The van der Waals surface area contributed by atoms with Gasteiger partial charge < -0.3 is 9.84 Å². The van der Waals surface area contributed by atoms with E-state index in [1.54, 1.807) is 0 Å². The molecule has 0 aromatic rings. The summed E-state index contributed by atoms with van der Waals surface area (Å²) in [7, 11) is 0. The highest BCUT2D eigenvalue weighted by molar-refractivity contribution is 6.03. The molecule has 0 saturated heterocycles. The van der Waals surface area contributed by atoms with Crippen molar-refractivity contribution in [2.24, 2.45) is 5.92 Å². The first-order valence-electron chi connectivity index (χ1n) is 8.88. The molecular weight excluding hydrogens is 296 g/mol. The van der Waals surface area contributed by atoms with Crippen molar-refractivity contribution in [1.82, 2.24) is 0 Å². The Kier molecular flexibility index (Phi) is 13.4. The molecule has 0 heterocycles. The van der Waals surface area contributed by atoms with Crippen molar-refractivity contribution >= 4 is 17.7 Å². The number of carbonyl (C=O) groups excluding carboxylic acids is 2. The Bertz CT molecular complexity index is 341. The van der Waals surface area contributed by atoms with Gasteiger partial charge in [-0.25, -0.2) is 0 Å². The maximum Gasteiger partial charge on any atom is 0.313 e. The van der Waals surface area contributed by atoms with Gasteiger partial charge in [-0.1, -0.05) is 65.2 Å². The van der Waals surface area contributed by atoms with Crippen LogP contribution in [0.4, 0.5) is 0 Å². The molecule has 0 fully saturated rings. The van der Waals surface area contributed by atoms with E-state index in [0.29, 0.717) is 12.5 Å². The molecule has 0 radical (unpaired) electrons. The molecule has 5 heteroatoms. The number of unbranched alkanes of at least 4 members (excludes halogenated alkanes) is 4. The first kappa shape index (κ1) is 21.6. The number of carboxylic acid groups (broad SMARTS) is 1. The highest BCUT2D eigenvalue weighted by atomic mass is 16.5. The van der Waals surface area contributed by atoms with Gasteiger partial charge in [0.2, 0.25) is 0 Å². The second-order valence-electron chi connectivity index (χ2n) is 6.15. The molecule has 0 aliphatic carbocycles. The van der Waals surface area contributed by atoms with Gasteiger partial charge >= 0.3 is 11.9 Å². The number of ether oxygens (including phenoxy) is 1. The van der Waals surface area contributed by atoms with Crippen molar-refractivity contribution in [1.29, 1.82) is 0 Å².